The lowest BCUT2D eigenvalue weighted by atomic mass is 10.2. The first-order valence-electron chi connectivity index (χ1n) is 6.14. The Balaban J connectivity index is 1.95. The van der Waals surface area contributed by atoms with Gasteiger partial charge in [0.2, 0.25) is 5.82 Å². The molecule has 0 aliphatic carbocycles. The fraction of sp³-hybridized carbons (Fsp3) is 0.214. The van der Waals surface area contributed by atoms with Gasteiger partial charge in [-0.05, 0) is 17.7 Å². The molecule has 1 amide bonds. The fourth-order valence-corrected chi connectivity index (χ4v) is 1.68. The van der Waals surface area contributed by atoms with E-state index in [9.17, 15) is 4.79 Å². The number of nitrogens with one attached hydrogen (secondary N) is 1. The second-order valence-corrected chi connectivity index (χ2v) is 4.24. The van der Waals surface area contributed by atoms with E-state index in [1.807, 2.05) is 24.3 Å². The average Bonchev–Trinajstić information content (AvgIpc) is 3.00. The minimum absolute atomic E-state index is 0.200. The number of carbonyl (C=O) groups excluding carboxylic acids is 1. The van der Waals surface area contributed by atoms with E-state index in [1.54, 1.807) is 18.0 Å². The first-order valence-corrected chi connectivity index (χ1v) is 6.14. The molecule has 0 saturated carbocycles. The maximum Gasteiger partial charge on any atom is 0.291 e. The molecule has 0 atom stereocenters. The smallest absolute Gasteiger partial charge is 0.291 e. The molecule has 0 aliphatic rings. The van der Waals surface area contributed by atoms with Gasteiger partial charge in [0.25, 0.3) is 5.91 Å². The third-order valence-electron chi connectivity index (χ3n) is 2.68. The number of benzene rings is 1. The molecule has 1 aromatic heterocycles. The van der Waals surface area contributed by atoms with Crippen LogP contribution in [0.1, 0.15) is 16.2 Å². The summed E-state index contributed by atoms with van der Waals surface area (Å²) in [5.74, 6) is 0.811. The summed E-state index contributed by atoms with van der Waals surface area (Å²) in [6.45, 7) is 4.56. The Morgan fingerprint density at radius 2 is 2.20 bits per heavy atom. The van der Waals surface area contributed by atoms with Gasteiger partial charge in [-0.1, -0.05) is 24.8 Å². The van der Waals surface area contributed by atoms with Crippen molar-refractivity contribution in [3.63, 3.8) is 0 Å². The molecule has 2 rings (SSSR count). The first-order chi connectivity index (χ1) is 9.70. The molecule has 0 bridgehead atoms. The Morgan fingerprint density at radius 1 is 1.45 bits per heavy atom. The minimum Gasteiger partial charge on any atom is -0.490 e. The Hall–Kier alpha value is -2.63. The van der Waals surface area contributed by atoms with E-state index in [-0.39, 0.29) is 11.7 Å². The van der Waals surface area contributed by atoms with Crippen molar-refractivity contribution in [1.82, 2.24) is 20.1 Å². The predicted molar refractivity (Wildman–Crippen MR) is 74.3 cm³/mol. The molecule has 6 nitrogen and oxygen atoms in total. The van der Waals surface area contributed by atoms with Crippen molar-refractivity contribution in [2.24, 2.45) is 0 Å². The molecule has 2 aromatic rings. The Kier molecular flexibility index (Phi) is 4.49. The van der Waals surface area contributed by atoms with Gasteiger partial charge in [-0.15, -0.1) is 0 Å². The van der Waals surface area contributed by atoms with Gasteiger partial charge in [0.15, 0.2) is 0 Å². The number of aromatic amines is 1. The van der Waals surface area contributed by atoms with Gasteiger partial charge in [-0.2, -0.15) is 5.10 Å². The van der Waals surface area contributed by atoms with E-state index in [0.29, 0.717) is 13.2 Å². The zero-order valence-corrected chi connectivity index (χ0v) is 11.2. The first kappa shape index (κ1) is 13.8. The van der Waals surface area contributed by atoms with E-state index in [0.717, 1.165) is 11.3 Å². The molecule has 1 heterocycles. The van der Waals surface area contributed by atoms with Crippen LogP contribution in [0.5, 0.6) is 5.75 Å². The Morgan fingerprint density at radius 3 is 2.80 bits per heavy atom. The SMILES string of the molecule is C=CCOc1ccc(CN(C)C(=O)c2ncn[nH]2)cc1. The standard InChI is InChI=1S/C14H16N4O2/c1-3-8-20-12-6-4-11(5-7-12)9-18(2)14(19)13-15-10-16-17-13/h3-7,10H,1,8-9H2,2H3,(H,15,16,17). The quantitative estimate of drug-likeness (QED) is 0.811. The van der Waals surface area contributed by atoms with E-state index in [4.69, 9.17) is 4.74 Å². The molecular weight excluding hydrogens is 256 g/mol. The highest BCUT2D eigenvalue weighted by Gasteiger charge is 2.14. The van der Waals surface area contributed by atoms with Crippen molar-refractivity contribution in [2.45, 2.75) is 6.54 Å². The number of ether oxygens (including phenoxy) is 1. The zero-order chi connectivity index (χ0) is 14.4. The number of carbonyl (C=O) groups is 1. The number of hydrogen-bond acceptors (Lipinski definition) is 4. The molecule has 0 saturated heterocycles. The van der Waals surface area contributed by atoms with Gasteiger partial charge >= 0.3 is 0 Å². The van der Waals surface area contributed by atoms with Gasteiger partial charge in [-0.3, -0.25) is 9.89 Å². The minimum atomic E-state index is -0.200. The lowest BCUT2D eigenvalue weighted by Gasteiger charge is -2.15. The van der Waals surface area contributed by atoms with Crippen LogP contribution in [0, 0.1) is 0 Å². The summed E-state index contributed by atoms with van der Waals surface area (Å²) in [5, 5.41) is 6.22. The number of amides is 1. The van der Waals surface area contributed by atoms with Crippen molar-refractivity contribution in [2.75, 3.05) is 13.7 Å². The number of hydrogen-bond donors (Lipinski definition) is 1. The highest BCUT2D eigenvalue weighted by molar-refractivity contribution is 5.90. The van der Waals surface area contributed by atoms with E-state index < -0.39 is 0 Å². The molecule has 104 valence electrons. The third kappa shape index (κ3) is 3.44. The van der Waals surface area contributed by atoms with Crippen molar-refractivity contribution in [3.05, 3.63) is 54.6 Å². The largest absolute Gasteiger partial charge is 0.490 e. The molecule has 0 fully saturated rings. The van der Waals surface area contributed by atoms with Gasteiger partial charge in [-0.25, -0.2) is 4.98 Å². The second kappa shape index (κ2) is 6.51. The summed E-state index contributed by atoms with van der Waals surface area (Å²) in [7, 11) is 1.72. The van der Waals surface area contributed by atoms with Gasteiger partial charge in [0, 0.05) is 13.6 Å². The molecule has 0 radical (unpaired) electrons. The molecule has 20 heavy (non-hydrogen) atoms. The molecular formula is C14H16N4O2. The Bertz CT molecular complexity index is 563. The summed E-state index contributed by atoms with van der Waals surface area (Å²) in [6, 6.07) is 7.57. The second-order valence-electron chi connectivity index (χ2n) is 4.24. The van der Waals surface area contributed by atoms with Crippen LogP contribution >= 0.6 is 0 Å². The lowest BCUT2D eigenvalue weighted by molar-refractivity contribution is 0.0773. The van der Waals surface area contributed by atoms with E-state index in [2.05, 4.69) is 21.8 Å². The van der Waals surface area contributed by atoms with Crippen LogP contribution in [0.15, 0.2) is 43.2 Å². The highest BCUT2D eigenvalue weighted by atomic mass is 16.5. The van der Waals surface area contributed by atoms with Gasteiger partial charge in [0.05, 0.1) is 0 Å². The summed E-state index contributed by atoms with van der Waals surface area (Å²) < 4.78 is 5.40. The number of H-pyrrole nitrogens is 1. The average molecular weight is 272 g/mol. The van der Waals surface area contributed by atoms with Gasteiger partial charge in [0.1, 0.15) is 18.7 Å². The van der Waals surface area contributed by atoms with Crippen LogP contribution in [0.3, 0.4) is 0 Å². The van der Waals surface area contributed by atoms with E-state index >= 15 is 0 Å². The summed E-state index contributed by atoms with van der Waals surface area (Å²) >= 11 is 0. The topological polar surface area (TPSA) is 71.1 Å². The summed E-state index contributed by atoms with van der Waals surface area (Å²) in [5.41, 5.74) is 1.01. The molecule has 6 heteroatoms. The van der Waals surface area contributed by atoms with Crippen molar-refractivity contribution >= 4 is 5.91 Å². The predicted octanol–water partition coefficient (Wildman–Crippen LogP) is 1.64. The summed E-state index contributed by atoms with van der Waals surface area (Å²) in [4.78, 5) is 17.4. The number of aromatic nitrogens is 3. The fourth-order valence-electron chi connectivity index (χ4n) is 1.68. The molecule has 0 aliphatic heterocycles. The summed E-state index contributed by atoms with van der Waals surface area (Å²) in [6.07, 6.45) is 3.00. The van der Waals surface area contributed by atoms with E-state index in [1.165, 1.54) is 6.33 Å². The zero-order valence-electron chi connectivity index (χ0n) is 11.2. The number of nitrogens with zero attached hydrogens (tertiary/aromatic N) is 3. The van der Waals surface area contributed by atoms with Crippen LogP contribution in [0.2, 0.25) is 0 Å². The molecule has 0 spiro atoms. The maximum atomic E-state index is 12.0. The Labute approximate surface area is 117 Å². The monoisotopic (exact) mass is 272 g/mol. The molecule has 1 aromatic carbocycles. The maximum absolute atomic E-state index is 12.0. The van der Waals surface area contributed by atoms with Crippen LogP contribution in [-0.2, 0) is 6.54 Å². The molecule has 0 unspecified atom stereocenters. The van der Waals surface area contributed by atoms with Crippen molar-refractivity contribution < 1.29 is 9.53 Å². The normalized spacial score (nSPS) is 10.1. The number of rotatable bonds is 6. The van der Waals surface area contributed by atoms with Crippen LogP contribution in [0.25, 0.3) is 0 Å². The third-order valence-corrected chi connectivity index (χ3v) is 2.68. The molecule has 1 N–H and O–H groups in total. The lowest BCUT2D eigenvalue weighted by Crippen LogP contribution is -2.27. The van der Waals surface area contributed by atoms with Crippen molar-refractivity contribution in [1.29, 1.82) is 0 Å². The van der Waals surface area contributed by atoms with Crippen LogP contribution in [-0.4, -0.2) is 39.6 Å². The van der Waals surface area contributed by atoms with Crippen molar-refractivity contribution in [3.8, 4) is 5.75 Å². The van der Waals surface area contributed by atoms with Gasteiger partial charge < -0.3 is 9.64 Å². The highest BCUT2D eigenvalue weighted by Crippen LogP contribution is 2.13. The van der Waals surface area contributed by atoms with Crippen LogP contribution in [0.4, 0.5) is 0 Å². The van der Waals surface area contributed by atoms with Crippen LogP contribution < -0.4 is 4.74 Å².